The summed E-state index contributed by atoms with van der Waals surface area (Å²) in [5.74, 6) is 0.836. The molecular weight excluding hydrogens is 742 g/mol. The zero-order chi connectivity index (χ0) is 39.1. The Bertz CT molecular complexity index is 2100. The van der Waals surface area contributed by atoms with Crippen molar-refractivity contribution < 1.29 is 37.6 Å². The van der Waals surface area contributed by atoms with Crippen LogP contribution < -0.4 is 14.2 Å². The van der Waals surface area contributed by atoms with E-state index in [1.165, 1.54) is 12.3 Å². The number of ether oxygens (including phenoxy) is 3. The summed E-state index contributed by atoms with van der Waals surface area (Å²) < 4.78 is 43.2. The number of aromatic nitrogens is 1. The summed E-state index contributed by atoms with van der Waals surface area (Å²) in [5, 5.41) is 20.1. The molecule has 6 rings (SSSR count). The van der Waals surface area contributed by atoms with Crippen molar-refractivity contribution in [3.63, 3.8) is 0 Å². The summed E-state index contributed by atoms with van der Waals surface area (Å²) in [6.45, 7) is 8.48. The van der Waals surface area contributed by atoms with Crippen LogP contribution in [0.25, 0.3) is 11.1 Å². The van der Waals surface area contributed by atoms with Gasteiger partial charge in [-0.05, 0) is 92.1 Å². The first-order chi connectivity index (χ1) is 26.4. The Morgan fingerprint density at radius 3 is 2.40 bits per heavy atom. The molecule has 2 aliphatic heterocycles. The number of aliphatic carboxylic acids is 1. The molecule has 1 aromatic heterocycles. The maximum atomic E-state index is 12.2. The number of carbonyl (C=O) groups is 1. The molecule has 3 aromatic carbocycles. The van der Waals surface area contributed by atoms with E-state index >= 15 is 0 Å². The second-order valence-corrected chi connectivity index (χ2v) is 17.0. The van der Waals surface area contributed by atoms with E-state index in [1.807, 2.05) is 29.2 Å². The van der Waals surface area contributed by atoms with Crippen LogP contribution in [-0.2, 0) is 34.4 Å². The fraction of sp³-hybridized carbons (Fsp3) is 0.429. The van der Waals surface area contributed by atoms with Gasteiger partial charge in [-0.25, -0.2) is 8.42 Å². The van der Waals surface area contributed by atoms with Gasteiger partial charge in [-0.2, -0.15) is 0 Å². The lowest BCUT2D eigenvalue weighted by Gasteiger charge is -2.33. The van der Waals surface area contributed by atoms with Crippen molar-refractivity contribution >= 4 is 27.4 Å². The molecule has 11 nitrogen and oxygen atoms in total. The fourth-order valence-electron chi connectivity index (χ4n) is 7.37. The Morgan fingerprint density at radius 1 is 0.891 bits per heavy atom. The van der Waals surface area contributed by atoms with Crippen molar-refractivity contribution in [1.29, 1.82) is 0 Å². The van der Waals surface area contributed by atoms with Crippen molar-refractivity contribution in [1.82, 2.24) is 14.8 Å². The first kappa shape index (κ1) is 40.5. The first-order valence-corrected chi connectivity index (χ1v) is 21.0. The van der Waals surface area contributed by atoms with Gasteiger partial charge in [0.1, 0.15) is 36.5 Å². The van der Waals surface area contributed by atoms with Crippen LogP contribution in [0.3, 0.4) is 0 Å². The number of carboxylic acids is 1. The Labute approximate surface area is 328 Å². The molecule has 3 heterocycles. The van der Waals surface area contributed by atoms with Crippen molar-refractivity contribution in [2.45, 2.75) is 82.8 Å². The summed E-state index contributed by atoms with van der Waals surface area (Å²) in [5.41, 5.74) is 6.49. The number of aliphatic hydroxyl groups excluding tert-OH is 1. The van der Waals surface area contributed by atoms with Crippen LogP contribution in [-0.4, -0.2) is 90.6 Å². The lowest BCUT2D eigenvalue weighted by atomic mass is 9.93. The highest BCUT2D eigenvalue weighted by atomic mass is 35.5. The molecule has 0 saturated carbocycles. The lowest BCUT2D eigenvalue weighted by molar-refractivity contribution is -0.144. The molecule has 0 bridgehead atoms. The van der Waals surface area contributed by atoms with Crippen LogP contribution in [0, 0.1) is 13.8 Å². The maximum absolute atomic E-state index is 12.2. The van der Waals surface area contributed by atoms with Crippen LogP contribution in [0.2, 0.25) is 5.02 Å². The molecule has 2 saturated heterocycles. The topological polar surface area (TPSA) is 139 Å². The number of nitrogens with zero attached hydrogens (tertiary/aromatic N) is 3. The Morgan fingerprint density at radius 2 is 1.65 bits per heavy atom. The highest BCUT2D eigenvalue weighted by Gasteiger charge is 2.29. The van der Waals surface area contributed by atoms with E-state index in [-0.39, 0.29) is 24.2 Å². The van der Waals surface area contributed by atoms with Crippen molar-refractivity contribution in [3.05, 3.63) is 99.8 Å². The third kappa shape index (κ3) is 10.4. The number of aliphatic hydroxyl groups is 1. The van der Waals surface area contributed by atoms with E-state index in [1.54, 1.807) is 18.3 Å². The van der Waals surface area contributed by atoms with Gasteiger partial charge in [-0.3, -0.25) is 14.7 Å². The van der Waals surface area contributed by atoms with Gasteiger partial charge in [-0.1, -0.05) is 48.4 Å². The second kappa shape index (κ2) is 18.2. The average Bonchev–Trinajstić information content (AvgIpc) is 3.58. The molecule has 2 N–H and O–H groups in total. The Hall–Kier alpha value is -4.20. The number of hydrogen-bond donors (Lipinski definition) is 2. The zero-order valence-electron chi connectivity index (χ0n) is 31.7. The summed E-state index contributed by atoms with van der Waals surface area (Å²) >= 11 is 6.85. The number of β-amino-alcohol motifs (C(OH)–C–C–N with tert-alkyl or cyclic N) is 1. The molecule has 0 amide bonds. The minimum absolute atomic E-state index is 0.0264. The van der Waals surface area contributed by atoms with Crippen molar-refractivity contribution in [3.8, 4) is 28.4 Å². The summed E-state index contributed by atoms with van der Waals surface area (Å²) in [4.78, 5) is 20.5. The molecule has 55 heavy (non-hydrogen) atoms. The highest BCUT2D eigenvalue weighted by molar-refractivity contribution is 7.90. The summed E-state index contributed by atoms with van der Waals surface area (Å²) in [7, 11) is -3.47. The number of halogens is 1. The predicted molar refractivity (Wildman–Crippen MR) is 212 cm³/mol. The molecule has 294 valence electrons. The molecule has 4 aromatic rings. The first-order valence-electron chi connectivity index (χ1n) is 18.8. The zero-order valence-corrected chi connectivity index (χ0v) is 33.2. The quantitative estimate of drug-likeness (QED) is 0.115. The minimum atomic E-state index is -3.47. The molecule has 2 fully saturated rings. The van der Waals surface area contributed by atoms with Gasteiger partial charge in [0, 0.05) is 62.0 Å². The van der Waals surface area contributed by atoms with Gasteiger partial charge >= 0.3 is 5.97 Å². The predicted octanol–water partition coefficient (Wildman–Crippen LogP) is 6.85. The van der Waals surface area contributed by atoms with Crippen LogP contribution in [0.15, 0.2) is 71.9 Å². The van der Waals surface area contributed by atoms with Gasteiger partial charge in [0.05, 0.1) is 22.6 Å². The second-order valence-electron chi connectivity index (χ2n) is 14.6. The summed E-state index contributed by atoms with van der Waals surface area (Å²) in [6, 6.07) is 16.6. The monoisotopic (exact) mass is 791 g/mol. The molecular formula is C42H50ClN3O8S. The number of benzene rings is 3. The standard InChI is InChI=1S/C42H50ClN3O8S/c1-28-31(9-6-10-35(28)36-11-7-13-39(29(36)2)52-18-8-15-45-17-14-33(47)25-45)27-54-41-21-40(53-26-30-19-34(23-44-22-30)55(3,50)51)32(20-37(41)43)24-46-16-5-4-12-38(46)42(48)49/h6-7,9-11,13,19-23,33,38,47H,4-5,8,12,14-18,24-27H2,1-3H3,(H,48,49)/t33-,38-/m0/s1. The van der Waals surface area contributed by atoms with Gasteiger partial charge in [-0.15, -0.1) is 0 Å². The van der Waals surface area contributed by atoms with Crippen LogP contribution in [0.5, 0.6) is 17.2 Å². The van der Waals surface area contributed by atoms with Crippen molar-refractivity contribution in [2.75, 3.05) is 39.0 Å². The van der Waals surface area contributed by atoms with Crippen molar-refractivity contribution in [2.24, 2.45) is 0 Å². The average molecular weight is 792 g/mol. The maximum Gasteiger partial charge on any atom is 0.320 e. The van der Waals surface area contributed by atoms with E-state index in [2.05, 4.69) is 35.9 Å². The molecule has 0 spiro atoms. The number of hydrogen-bond acceptors (Lipinski definition) is 10. The van der Waals surface area contributed by atoms with Gasteiger partial charge in [0.2, 0.25) is 0 Å². The molecule has 0 radical (unpaired) electrons. The lowest BCUT2D eigenvalue weighted by Crippen LogP contribution is -2.44. The number of rotatable bonds is 16. The SMILES string of the molecule is Cc1c(COc2cc(OCc3cncc(S(C)(=O)=O)c3)c(CN3CCCC[C@H]3C(=O)O)cc2Cl)cccc1-c1cccc(OCCCN2CC[C@H](O)C2)c1C. The normalized spacial score (nSPS) is 18.0. The Balaban J connectivity index is 1.20. The third-order valence-electron chi connectivity index (χ3n) is 10.5. The molecule has 0 aliphatic carbocycles. The van der Waals surface area contributed by atoms with E-state index in [9.17, 15) is 23.4 Å². The molecule has 2 atom stereocenters. The third-order valence-corrected chi connectivity index (χ3v) is 11.9. The van der Waals surface area contributed by atoms with Gasteiger partial charge in [0.25, 0.3) is 0 Å². The molecule has 13 heteroatoms. The number of likely N-dealkylation sites (tertiary alicyclic amines) is 2. The number of pyridine rings is 1. The number of sulfone groups is 1. The van der Waals surface area contributed by atoms with E-state index in [0.717, 1.165) is 85.1 Å². The fourth-order valence-corrected chi connectivity index (χ4v) is 8.22. The largest absolute Gasteiger partial charge is 0.493 e. The van der Waals surface area contributed by atoms with Gasteiger partial charge < -0.3 is 29.3 Å². The van der Waals surface area contributed by atoms with E-state index in [4.69, 9.17) is 25.8 Å². The van der Waals surface area contributed by atoms with E-state index in [0.29, 0.717) is 53.8 Å². The molecule has 2 aliphatic rings. The smallest absolute Gasteiger partial charge is 0.320 e. The highest BCUT2D eigenvalue weighted by Crippen LogP contribution is 2.37. The van der Waals surface area contributed by atoms with E-state index < -0.39 is 21.8 Å². The van der Waals surface area contributed by atoms with Crippen LogP contribution >= 0.6 is 11.6 Å². The van der Waals surface area contributed by atoms with Crippen LogP contribution in [0.1, 0.15) is 59.9 Å². The summed E-state index contributed by atoms with van der Waals surface area (Å²) in [6.07, 6.45) is 7.77. The molecule has 0 unspecified atom stereocenters. The number of piperidine rings is 1. The minimum Gasteiger partial charge on any atom is -0.493 e. The van der Waals surface area contributed by atoms with Crippen LogP contribution in [0.4, 0.5) is 0 Å². The Kier molecular flexibility index (Phi) is 13.4. The van der Waals surface area contributed by atoms with Gasteiger partial charge in [0.15, 0.2) is 9.84 Å². The number of carboxylic acid groups (broad SMARTS) is 1.